The van der Waals surface area contributed by atoms with Gasteiger partial charge in [-0.15, -0.1) is 0 Å². The Bertz CT molecular complexity index is 485. The lowest BCUT2D eigenvalue weighted by Crippen LogP contribution is -2.40. The predicted octanol–water partition coefficient (Wildman–Crippen LogP) is 1.87. The van der Waals surface area contributed by atoms with Crippen LogP contribution < -0.4 is 16.4 Å². The zero-order chi connectivity index (χ0) is 15.4. The molecule has 1 unspecified atom stereocenters. The molecule has 1 amide bonds. The van der Waals surface area contributed by atoms with Crippen molar-refractivity contribution in [2.75, 3.05) is 17.7 Å². The highest BCUT2D eigenvalue weighted by Crippen LogP contribution is 2.24. The summed E-state index contributed by atoms with van der Waals surface area (Å²) in [6.45, 7) is 9.86. The lowest BCUT2D eigenvalue weighted by Gasteiger charge is -2.22. The van der Waals surface area contributed by atoms with E-state index in [1.807, 2.05) is 41.7 Å². The average Bonchev–Trinajstić information content (AvgIpc) is 2.36. The lowest BCUT2D eigenvalue weighted by molar-refractivity contribution is -0.119. The number of primary amides is 1. The van der Waals surface area contributed by atoms with Gasteiger partial charge in [-0.05, 0) is 12.8 Å². The Hall–Kier alpha value is -1.85. The van der Waals surface area contributed by atoms with Crippen molar-refractivity contribution in [3.05, 3.63) is 11.4 Å². The number of nitrogens with zero attached hydrogens (tertiary/aromatic N) is 2. The highest BCUT2D eigenvalue weighted by Gasteiger charge is 2.22. The van der Waals surface area contributed by atoms with Crippen molar-refractivity contribution in [1.82, 2.24) is 9.97 Å². The molecule has 1 rings (SSSR count). The topological polar surface area (TPSA) is 92.9 Å². The quantitative estimate of drug-likeness (QED) is 0.739. The van der Waals surface area contributed by atoms with Crippen molar-refractivity contribution in [2.24, 2.45) is 11.7 Å². The highest BCUT2D eigenvalue weighted by atomic mass is 16.1. The Morgan fingerprint density at radius 3 is 2.10 bits per heavy atom. The molecule has 0 aliphatic rings. The molecule has 0 fully saturated rings. The third-order valence-corrected chi connectivity index (χ3v) is 3.18. The summed E-state index contributed by atoms with van der Waals surface area (Å²) < 4.78 is 0. The number of rotatable bonds is 6. The summed E-state index contributed by atoms with van der Waals surface area (Å²) in [5.41, 5.74) is 6.32. The number of nitrogens with one attached hydrogen (secondary N) is 2. The maximum absolute atomic E-state index is 11.5. The standard InChI is InChI=1S/C14H25N5O/c1-7(2)10(11(15)20)17-14-9(5)13(16-6)18-12(19-14)8(3)4/h7-8,10H,1-6H3,(H2,15,20)(H2,16,17,18,19). The molecule has 0 saturated heterocycles. The van der Waals surface area contributed by atoms with Crippen LogP contribution in [0.3, 0.4) is 0 Å². The number of hydrogen-bond acceptors (Lipinski definition) is 5. The smallest absolute Gasteiger partial charge is 0.240 e. The minimum atomic E-state index is -0.451. The summed E-state index contributed by atoms with van der Waals surface area (Å²) >= 11 is 0. The Morgan fingerprint density at radius 1 is 1.15 bits per heavy atom. The monoisotopic (exact) mass is 279 g/mol. The molecule has 1 aromatic rings. The van der Waals surface area contributed by atoms with E-state index in [-0.39, 0.29) is 17.7 Å². The van der Waals surface area contributed by atoms with Gasteiger partial charge in [-0.1, -0.05) is 27.7 Å². The van der Waals surface area contributed by atoms with E-state index in [4.69, 9.17) is 5.73 Å². The lowest BCUT2D eigenvalue weighted by atomic mass is 10.0. The number of carbonyl (C=O) groups excluding carboxylic acids is 1. The molecule has 1 heterocycles. The molecule has 0 spiro atoms. The maximum atomic E-state index is 11.5. The number of aromatic nitrogens is 2. The van der Waals surface area contributed by atoms with Crippen LogP contribution in [0.15, 0.2) is 0 Å². The van der Waals surface area contributed by atoms with Crippen LogP contribution in [0.25, 0.3) is 0 Å². The van der Waals surface area contributed by atoms with Crippen LogP contribution in [0.2, 0.25) is 0 Å². The summed E-state index contributed by atoms with van der Waals surface area (Å²) in [5.74, 6) is 2.06. The Balaban J connectivity index is 3.22. The molecule has 0 radical (unpaired) electrons. The van der Waals surface area contributed by atoms with Gasteiger partial charge in [0.25, 0.3) is 0 Å². The third kappa shape index (κ3) is 3.59. The molecule has 0 aromatic carbocycles. The van der Waals surface area contributed by atoms with Gasteiger partial charge in [-0.3, -0.25) is 4.79 Å². The van der Waals surface area contributed by atoms with Crippen molar-refractivity contribution in [2.45, 2.75) is 46.6 Å². The van der Waals surface area contributed by atoms with Crippen molar-refractivity contribution in [1.29, 1.82) is 0 Å². The fraction of sp³-hybridized carbons (Fsp3) is 0.643. The van der Waals surface area contributed by atoms with E-state index < -0.39 is 6.04 Å². The first kappa shape index (κ1) is 16.2. The summed E-state index contributed by atoms with van der Waals surface area (Å²) in [6, 6.07) is -0.451. The first-order valence-electron chi connectivity index (χ1n) is 6.90. The van der Waals surface area contributed by atoms with E-state index in [9.17, 15) is 4.79 Å². The molecule has 0 bridgehead atoms. The van der Waals surface area contributed by atoms with Crippen LogP contribution in [0.1, 0.15) is 45.0 Å². The zero-order valence-corrected chi connectivity index (χ0v) is 13.1. The van der Waals surface area contributed by atoms with Gasteiger partial charge < -0.3 is 16.4 Å². The molecular formula is C14H25N5O. The van der Waals surface area contributed by atoms with Crippen molar-refractivity contribution < 1.29 is 4.79 Å². The minimum Gasteiger partial charge on any atom is -0.373 e. The van der Waals surface area contributed by atoms with E-state index >= 15 is 0 Å². The van der Waals surface area contributed by atoms with Crippen molar-refractivity contribution in [3.63, 3.8) is 0 Å². The fourth-order valence-corrected chi connectivity index (χ4v) is 1.89. The maximum Gasteiger partial charge on any atom is 0.240 e. The fourth-order valence-electron chi connectivity index (χ4n) is 1.89. The predicted molar refractivity (Wildman–Crippen MR) is 81.8 cm³/mol. The molecule has 112 valence electrons. The van der Waals surface area contributed by atoms with Crippen LogP contribution in [-0.4, -0.2) is 29.0 Å². The molecule has 1 atom stereocenters. The van der Waals surface area contributed by atoms with Gasteiger partial charge in [-0.2, -0.15) is 0 Å². The molecule has 0 saturated carbocycles. The third-order valence-electron chi connectivity index (χ3n) is 3.18. The zero-order valence-electron chi connectivity index (χ0n) is 13.1. The summed E-state index contributed by atoms with van der Waals surface area (Å²) in [5, 5.41) is 6.21. The molecular weight excluding hydrogens is 254 g/mol. The molecule has 0 aliphatic carbocycles. The second kappa shape index (κ2) is 6.54. The van der Waals surface area contributed by atoms with Gasteiger partial charge in [0.2, 0.25) is 5.91 Å². The largest absolute Gasteiger partial charge is 0.373 e. The van der Waals surface area contributed by atoms with Crippen LogP contribution in [0, 0.1) is 12.8 Å². The van der Waals surface area contributed by atoms with Gasteiger partial charge in [0.05, 0.1) is 0 Å². The van der Waals surface area contributed by atoms with Gasteiger partial charge in [0, 0.05) is 18.5 Å². The van der Waals surface area contributed by atoms with E-state index in [1.54, 1.807) is 0 Å². The van der Waals surface area contributed by atoms with E-state index in [1.165, 1.54) is 0 Å². The van der Waals surface area contributed by atoms with Gasteiger partial charge >= 0.3 is 0 Å². The number of anilines is 2. The van der Waals surface area contributed by atoms with Gasteiger partial charge in [0.15, 0.2) is 0 Å². The highest BCUT2D eigenvalue weighted by molar-refractivity contribution is 5.83. The van der Waals surface area contributed by atoms with Crippen molar-refractivity contribution in [3.8, 4) is 0 Å². The number of amides is 1. The number of carbonyl (C=O) groups is 1. The molecule has 1 aromatic heterocycles. The Morgan fingerprint density at radius 2 is 1.70 bits per heavy atom. The van der Waals surface area contributed by atoms with E-state index in [0.717, 1.165) is 17.2 Å². The van der Waals surface area contributed by atoms with E-state index in [2.05, 4.69) is 20.6 Å². The van der Waals surface area contributed by atoms with Gasteiger partial charge in [-0.25, -0.2) is 9.97 Å². The Labute approximate surface area is 120 Å². The molecule has 6 heteroatoms. The average molecular weight is 279 g/mol. The summed E-state index contributed by atoms with van der Waals surface area (Å²) in [4.78, 5) is 20.5. The first-order valence-corrected chi connectivity index (χ1v) is 6.90. The van der Waals surface area contributed by atoms with Crippen LogP contribution >= 0.6 is 0 Å². The molecule has 0 aliphatic heterocycles. The minimum absolute atomic E-state index is 0.0856. The summed E-state index contributed by atoms with van der Waals surface area (Å²) in [7, 11) is 1.82. The molecule has 6 nitrogen and oxygen atoms in total. The first-order chi connectivity index (χ1) is 9.27. The number of nitrogens with two attached hydrogens (primary N) is 1. The van der Waals surface area contributed by atoms with Crippen LogP contribution in [0.4, 0.5) is 11.6 Å². The van der Waals surface area contributed by atoms with Crippen LogP contribution in [0.5, 0.6) is 0 Å². The normalized spacial score (nSPS) is 12.6. The summed E-state index contributed by atoms with van der Waals surface area (Å²) in [6.07, 6.45) is 0. The second-order valence-electron chi connectivity index (χ2n) is 5.58. The molecule has 20 heavy (non-hydrogen) atoms. The van der Waals surface area contributed by atoms with E-state index in [0.29, 0.717) is 5.82 Å². The van der Waals surface area contributed by atoms with Gasteiger partial charge in [0.1, 0.15) is 23.5 Å². The second-order valence-corrected chi connectivity index (χ2v) is 5.58. The van der Waals surface area contributed by atoms with Crippen LogP contribution in [-0.2, 0) is 4.79 Å². The number of hydrogen-bond donors (Lipinski definition) is 3. The molecule has 4 N–H and O–H groups in total. The Kier molecular flexibility index (Phi) is 5.30. The van der Waals surface area contributed by atoms with Crippen molar-refractivity contribution >= 4 is 17.5 Å². The SMILES string of the molecule is CNc1nc(C(C)C)nc(NC(C(N)=O)C(C)C)c1C.